The van der Waals surface area contributed by atoms with Crippen molar-refractivity contribution >= 4 is 63.1 Å². The van der Waals surface area contributed by atoms with Crippen LogP contribution in [0.25, 0.3) is 21.9 Å². The molecule has 0 aliphatic carbocycles. The third kappa shape index (κ3) is 5.97. The first-order valence-corrected chi connectivity index (χ1v) is 13.4. The van der Waals surface area contributed by atoms with Gasteiger partial charge in [0, 0.05) is 42.0 Å². The highest BCUT2D eigenvalue weighted by molar-refractivity contribution is 6.36. The number of guanidine groups is 1. The molecule has 5 rings (SSSR count). The Labute approximate surface area is 246 Å². The van der Waals surface area contributed by atoms with E-state index in [1.807, 2.05) is 54.6 Å². The van der Waals surface area contributed by atoms with Crippen LogP contribution in [0.3, 0.4) is 0 Å². The zero-order valence-corrected chi connectivity index (χ0v) is 23.7. The number of nitrogens with one attached hydrogen (secondary N) is 1. The molecule has 1 atom stereocenters. The first kappa shape index (κ1) is 27.2. The van der Waals surface area contributed by atoms with E-state index in [0.29, 0.717) is 31.6 Å². The van der Waals surface area contributed by atoms with E-state index in [2.05, 4.69) is 10.3 Å². The molecule has 1 aromatic heterocycles. The van der Waals surface area contributed by atoms with Gasteiger partial charge in [-0.15, -0.1) is 0 Å². The van der Waals surface area contributed by atoms with E-state index >= 15 is 0 Å². The van der Waals surface area contributed by atoms with E-state index < -0.39 is 6.04 Å². The molecule has 4 aromatic carbocycles. The fourth-order valence-corrected chi connectivity index (χ4v) is 5.37. The van der Waals surface area contributed by atoms with Gasteiger partial charge >= 0.3 is 0 Å². The third-order valence-corrected chi connectivity index (χ3v) is 7.45. The Hall–Kier alpha value is -3.35. The lowest BCUT2D eigenvalue weighted by Crippen LogP contribution is -2.35. The first-order valence-electron chi connectivity index (χ1n) is 11.9. The summed E-state index contributed by atoms with van der Waals surface area (Å²) in [7, 11) is 1.62. The minimum Gasteiger partial charge on any atom is -0.496 e. The second kappa shape index (κ2) is 11.8. The summed E-state index contributed by atoms with van der Waals surface area (Å²) < 4.78 is 11.9. The number of hydrogen-bond donors (Lipinski definition) is 2. The van der Waals surface area contributed by atoms with Gasteiger partial charge in [0.25, 0.3) is 0 Å². The maximum Gasteiger partial charge on any atom is 0.189 e. The number of benzene rings is 4. The van der Waals surface area contributed by atoms with E-state index in [0.717, 1.165) is 33.0 Å². The van der Waals surface area contributed by atoms with Crippen LogP contribution < -0.4 is 15.8 Å². The second-order valence-corrected chi connectivity index (χ2v) is 10.5. The van der Waals surface area contributed by atoms with Gasteiger partial charge in [0.1, 0.15) is 17.6 Å². The molecule has 39 heavy (non-hydrogen) atoms. The van der Waals surface area contributed by atoms with Gasteiger partial charge in [-0.1, -0.05) is 88.9 Å². The lowest BCUT2D eigenvalue weighted by molar-refractivity contribution is 0.400. The average Bonchev–Trinajstić information content (AvgIpc) is 3.35. The van der Waals surface area contributed by atoms with Crippen molar-refractivity contribution in [2.75, 3.05) is 7.11 Å². The molecule has 5 aromatic rings. The standard InChI is InChI=1S/C30H23Cl4N3O2/c1-38-27-11-7-17(22-10-9-21(32)14-26(22)34)12-24(27)28(29-23-5-3-2-4-19(23)16-39-29)37-30(35)36-15-18-6-8-20(31)13-25(18)33/h2-14,16,28H,15H2,1H3,(H3,35,36,37). The molecule has 0 spiro atoms. The van der Waals surface area contributed by atoms with Gasteiger partial charge in [0.15, 0.2) is 5.96 Å². The highest BCUT2D eigenvalue weighted by Gasteiger charge is 2.25. The van der Waals surface area contributed by atoms with Gasteiger partial charge in [-0.05, 0) is 47.5 Å². The lowest BCUT2D eigenvalue weighted by atomic mass is 9.95. The summed E-state index contributed by atoms with van der Waals surface area (Å²) in [5.41, 5.74) is 9.70. The number of ether oxygens (including phenoxy) is 1. The Balaban J connectivity index is 1.59. The molecule has 0 fully saturated rings. The molecule has 0 saturated carbocycles. The molecule has 3 N–H and O–H groups in total. The minimum atomic E-state index is -0.546. The van der Waals surface area contributed by atoms with Crippen molar-refractivity contribution in [1.29, 1.82) is 0 Å². The van der Waals surface area contributed by atoms with Crippen LogP contribution in [-0.4, -0.2) is 13.1 Å². The number of furan rings is 1. The Bertz CT molecular complexity index is 1680. The SMILES string of the molecule is COc1ccc(-c2ccc(Cl)cc2Cl)cc1C(NC(N)=NCc1ccc(Cl)cc1Cl)c1occ2ccccc12. The zero-order chi connectivity index (χ0) is 27.5. The number of hydrogen-bond acceptors (Lipinski definition) is 3. The number of aliphatic imine (C=N–C) groups is 1. The summed E-state index contributed by atoms with van der Waals surface area (Å²) in [6.45, 7) is 0.262. The first-order chi connectivity index (χ1) is 18.8. The van der Waals surface area contributed by atoms with Crippen molar-refractivity contribution in [2.45, 2.75) is 12.6 Å². The Kier molecular flexibility index (Phi) is 8.24. The van der Waals surface area contributed by atoms with E-state index in [4.69, 9.17) is 61.3 Å². The van der Waals surface area contributed by atoms with Gasteiger partial charge in [-0.3, -0.25) is 0 Å². The van der Waals surface area contributed by atoms with Crippen LogP contribution >= 0.6 is 46.4 Å². The van der Waals surface area contributed by atoms with Crippen LogP contribution in [0.1, 0.15) is 22.9 Å². The fourth-order valence-electron chi connectivity index (χ4n) is 4.39. The van der Waals surface area contributed by atoms with Crippen LogP contribution in [0, 0.1) is 0 Å². The highest BCUT2D eigenvalue weighted by atomic mass is 35.5. The smallest absolute Gasteiger partial charge is 0.189 e. The fraction of sp³-hybridized carbons (Fsp3) is 0.100. The summed E-state index contributed by atoms with van der Waals surface area (Å²) in [6, 6.07) is 23.8. The monoisotopic (exact) mass is 597 g/mol. The number of nitrogens with zero attached hydrogens (tertiary/aromatic N) is 1. The average molecular weight is 599 g/mol. The molecular weight excluding hydrogens is 576 g/mol. The summed E-state index contributed by atoms with van der Waals surface area (Å²) in [5.74, 6) is 1.49. The van der Waals surface area contributed by atoms with Crippen LogP contribution in [0.5, 0.6) is 5.75 Å². The molecule has 0 aliphatic heterocycles. The molecule has 0 aliphatic rings. The number of methoxy groups -OCH3 is 1. The molecule has 198 valence electrons. The van der Waals surface area contributed by atoms with E-state index in [1.54, 1.807) is 37.6 Å². The predicted octanol–water partition coefficient (Wildman–Crippen LogP) is 8.92. The maximum absolute atomic E-state index is 6.55. The van der Waals surface area contributed by atoms with Crippen LogP contribution in [-0.2, 0) is 6.54 Å². The Morgan fingerprint density at radius 3 is 2.41 bits per heavy atom. The zero-order valence-electron chi connectivity index (χ0n) is 20.7. The van der Waals surface area contributed by atoms with Gasteiger partial charge in [-0.2, -0.15) is 0 Å². The maximum atomic E-state index is 6.55. The van der Waals surface area contributed by atoms with Crippen LogP contribution in [0.2, 0.25) is 20.1 Å². The largest absolute Gasteiger partial charge is 0.496 e. The van der Waals surface area contributed by atoms with Crippen molar-refractivity contribution in [3.8, 4) is 16.9 Å². The number of fused-ring (bicyclic) bond motifs is 1. The van der Waals surface area contributed by atoms with Gasteiger partial charge in [0.05, 0.1) is 19.9 Å². The molecule has 9 heteroatoms. The number of rotatable bonds is 7. The quantitative estimate of drug-likeness (QED) is 0.145. The molecular formula is C30H23Cl4N3O2. The molecule has 1 heterocycles. The van der Waals surface area contributed by atoms with Gasteiger partial charge in [-0.25, -0.2) is 4.99 Å². The van der Waals surface area contributed by atoms with Crippen molar-refractivity contribution < 1.29 is 9.15 Å². The highest BCUT2D eigenvalue weighted by Crippen LogP contribution is 2.39. The summed E-state index contributed by atoms with van der Waals surface area (Å²) >= 11 is 25.0. The summed E-state index contributed by atoms with van der Waals surface area (Å²) in [4.78, 5) is 4.54. The summed E-state index contributed by atoms with van der Waals surface area (Å²) in [6.07, 6.45) is 1.71. The minimum absolute atomic E-state index is 0.198. The Morgan fingerprint density at radius 2 is 1.67 bits per heavy atom. The molecule has 0 saturated heterocycles. The number of nitrogens with two attached hydrogens (primary N) is 1. The molecule has 1 unspecified atom stereocenters. The van der Waals surface area contributed by atoms with E-state index in [1.165, 1.54) is 0 Å². The van der Waals surface area contributed by atoms with Crippen molar-refractivity contribution in [3.05, 3.63) is 122 Å². The lowest BCUT2D eigenvalue weighted by Gasteiger charge is -2.22. The van der Waals surface area contributed by atoms with Crippen LogP contribution in [0.15, 0.2) is 94.5 Å². The van der Waals surface area contributed by atoms with Crippen molar-refractivity contribution in [1.82, 2.24) is 5.32 Å². The predicted molar refractivity (Wildman–Crippen MR) is 161 cm³/mol. The van der Waals surface area contributed by atoms with Crippen LogP contribution in [0.4, 0.5) is 0 Å². The molecule has 5 nitrogen and oxygen atoms in total. The van der Waals surface area contributed by atoms with E-state index in [-0.39, 0.29) is 12.5 Å². The molecule has 0 radical (unpaired) electrons. The molecule has 0 bridgehead atoms. The Morgan fingerprint density at radius 1 is 0.923 bits per heavy atom. The number of halogens is 4. The van der Waals surface area contributed by atoms with Gasteiger partial charge < -0.3 is 20.2 Å². The molecule has 0 amide bonds. The third-order valence-electron chi connectivity index (χ3n) is 6.31. The van der Waals surface area contributed by atoms with Crippen molar-refractivity contribution in [3.63, 3.8) is 0 Å². The van der Waals surface area contributed by atoms with Gasteiger partial charge in [0.2, 0.25) is 0 Å². The van der Waals surface area contributed by atoms with E-state index in [9.17, 15) is 0 Å². The van der Waals surface area contributed by atoms with Crippen molar-refractivity contribution in [2.24, 2.45) is 10.7 Å². The normalized spacial score (nSPS) is 12.5. The second-order valence-electron chi connectivity index (χ2n) is 8.78. The summed E-state index contributed by atoms with van der Waals surface area (Å²) in [5, 5.41) is 7.39. The topological polar surface area (TPSA) is 72.8 Å².